The van der Waals surface area contributed by atoms with Crippen molar-refractivity contribution in [2.24, 2.45) is 0 Å². The summed E-state index contributed by atoms with van der Waals surface area (Å²) in [6.45, 7) is 5.29. The van der Waals surface area contributed by atoms with Gasteiger partial charge in [0, 0.05) is 6.54 Å². The lowest BCUT2D eigenvalue weighted by molar-refractivity contribution is 0.0874. The molecule has 276 valence electrons. The molecule has 0 saturated heterocycles. The summed E-state index contributed by atoms with van der Waals surface area (Å²) in [6, 6.07) is 0. The van der Waals surface area contributed by atoms with E-state index >= 15 is 0 Å². The molecule has 6 heteroatoms. The molecular formula is C41H78NO4P. The highest BCUT2D eigenvalue weighted by Gasteiger charge is 2.26. The smallest absolute Gasteiger partial charge is 0.307 e. The predicted molar refractivity (Wildman–Crippen MR) is 207 cm³/mol. The predicted octanol–water partition coefficient (Wildman–Crippen LogP) is 13.5. The van der Waals surface area contributed by atoms with Crippen molar-refractivity contribution in [3.63, 3.8) is 0 Å². The van der Waals surface area contributed by atoms with Crippen molar-refractivity contribution >= 4 is 7.82 Å². The average Bonchev–Trinajstić information content (AvgIpc) is 3.03. The third-order valence-corrected chi connectivity index (χ3v) is 9.60. The minimum atomic E-state index is -4.04. The van der Waals surface area contributed by atoms with Crippen LogP contribution in [0.15, 0.2) is 48.6 Å². The van der Waals surface area contributed by atoms with Crippen molar-refractivity contribution in [2.75, 3.05) is 27.2 Å². The van der Waals surface area contributed by atoms with Crippen LogP contribution in [0, 0.1) is 0 Å². The van der Waals surface area contributed by atoms with Crippen molar-refractivity contribution in [1.82, 2.24) is 4.90 Å². The van der Waals surface area contributed by atoms with Gasteiger partial charge in [0.05, 0.1) is 12.7 Å². The van der Waals surface area contributed by atoms with Crippen LogP contribution < -0.4 is 0 Å². The zero-order chi connectivity index (χ0) is 34.5. The number of rotatable bonds is 36. The summed E-state index contributed by atoms with van der Waals surface area (Å²) in [5, 5.41) is 0. The number of hydrogen-bond acceptors (Lipinski definition) is 4. The number of likely N-dealkylation sites (N-methyl/N-ethyl adjacent to an activating group) is 1. The standard InChI is InChI=1S/C41H78NO4P/c1-5-7-9-11-13-15-17-19-21-23-25-27-29-31-33-35-37-41(46-47(43,44)45-40-39-42(3)4)38-36-34-32-30-28-26-24-22-20-18-16-14-12-10-8-6-2/h13-16,19-22,41H,5-12,17-18,23-40H2,1-4H3,(H,43,44)/b15-13-,16-14-,21-19-,22-20-. The summed E-state index contributed by atoms with van der Waals surface area (Å²) in [5.41, 5.74) is 0. The highest BCUT2D eigenvalue weighted by Crippen LogP contribution is 2.46. The minimum Gasteiger partial charge on any atom is -0.307 e. The van der Waals surface area contributed by atoms with Crippen LogP contribution in [0.2, 0.25) is 0 Å². The van der Waals surface area contributed by atoms with Gasteiger partial charge in [0.25, 0.3) is 0 Å². The van der Waals surface area contributed by atoms with Gasteiger partial charge in [0.2, 0.25) is 0 Å². The second-order valence-corrected chi connectivity index (χ2v) is 15.0. The lowest BCUT2D eigenvalue weighted by Crippen LogP contribution is -2.19. The fourth-order valence-electron chi connectivity index (χ4n) is 5.53. The molecule has 0 aromatic rings. The normalized spacial score (nSPS) is 13.9. The van der Waals surface area contributed by atoms with E-state index in [1.807, 2.05) is 19.0 Å². The number of phosphoric acid groups is 1. The third-order valence-electron chi connectivity index (χ3n) is 8.53. The summed E-state index contributed by atoms with van der Waals surface area (Å²) in [5.74, 6) is 0. The lowest BCUT2D eigenvalue weighted by Gasteiger charge is -2.21. The van der Waals surface area contributed by atoms with Crippen molar-refractivity contribution in [1.29, 1.82) is 0 Å². The molecule has 0 amide bonds. The zero-order valence-electron chi connectivity index (χ0n) is 31.6. The first kappa shape index (κ1) is 46.0. The largest absolute Gasteiger partial charge is 0.472 e. The maximum absolute atomic E-state index is 12.6. The lowest BCUT2D eigenvalue weighted by atomic mass is 10.0. The quantitative estimate of drug-likeness (QED) is 0.0406. The Morgan fingerprint density at radius 1 is 0.553 bits per heavy atom. The Bertz CT molecular complexity index is 759. The highest BCUT2D eigenvalue weighted by atomic mass is 31.2. The minimum absolute atomic E-state index is 0.198. The van der Waals surface area contributed by atoms with E-state index in [1.165, 1.54) is 116 Å². The molecule has 0 heterocycles. The van der Waals surface area contributed by atoms with E-state index in [0.29, 0.717) is 6.54 Å². The maximum atomic E-state index is 12.6. The van der Waals surface area contributed by atoms with Gasteiger partial charge < -0.3 is 9.79 Å². The van der Waals surface area contributed by atoms with Gasteiger partial charge in [-0.25, -0.2) is 4.57 Å². The molecule has 0 bridgehead atoms. The Labute approximate surface area is 293 Å². The van der Waals surface area contributed by atoms with Gasteiger partial charge in [-0.2, -0.15) is 0 Å². The van der Waals surface area contributed by atoms with Crippen molar-refractivity contribution < 1.29 is 18.5 Å². The number of nitrogens with zero attached hydrogens (tertiary/aromatic N) is 1. The monoisotopic (exact) mass is 680 g/mol. The molecule has 47 heavy (non-hydrogen) atoms. The van der Waals surface area contributed by atoms with Gasteiger partial charge >= 0.3 is 7.82 Å². The Kier molecular flexibility index (Phi) is 35.6. The molecule has 0 aliphatic heterocycles. The topological polar surface area (TPSA) is 59.0 Å². The molecule has 0 rings (SSSR count). The number of phosphoric ester groups is 1. The van der Waals surface area contributed by atoms with E-state index in [2.05, 4.69) is 62.5 Å². The van der Waals surface area contributed by atoms with E-state index < -0.39 is 7.82 Å². The molecule has 0 radical (unpaired) electrons. The van der Waals surface area contributed by atoms with Crippen molar-refractivity contribution in [3.8, 4) is 0 Å². The molecular weight excluding hydrogens is 601 g/mol. The summed E-state index contributed by atoms with van der Waals surface area (Å²) in [6.07, 6.45) is 49.2. The highest BCUT2D eigenvalue weighted by molar-refractivity contribution is 7.47. The van der Waals surface area contributed by atoms with E-state index in [0.717, 1.165) is 51.4 Å². The van der Waals surface area contributed by atoms with Crippen LogP contribution in [0.1, 0.15) is 181 Å². The molecule has 0 aromatic carbocycles. The summed E-state index contributed by atoms with van der Waals surface area (Å²) < 4.78 is 23.6. The first-order valence-electron chi connectivity index (χ1n) is 19.8. The molecule has 0 aliphatic carbocycles. The fraction of sp³-hybridized carbons (Fsp3) is 0.805. The molecule has 0 aromatic heterocycles. The van der Waals surface area contributed by atoms with Crippen LogP contribution in [0.3, 0.4) is 0 Å². The van der Waals surface area contributed by atoms with E-state index in [4.69, 9.17) is 9.05 Å². The van der Waals surface area contributed by atoms with E-state index in [-0.39, 0.29) is 12.7 Å². The van der Waals surface area contributed by atoms with Crippen LogP contribution in [0.4, 0.5) is 0 Å². The van der Waals surface area contributed by atoms with Crippen LogP contribution in [0.25, 0.3) is 0 Å². The van der Waals surface area contributed by atoms with Gasteiger partial charge in [0.1, 0.15) is 0 Å². The zero-order valence-corrected chi connectivity index (χ0v) is 32.5. The second kappa shape index (κ2) is 36.3. The number of unbranched alkanes of at least 4 members (excludes halogenated alkanes) is 18. The Balaban J connectivity index is 4.14. The summed E-state index contributed by atoms with van der Waals surface area (Å²) in [7, 11) is -0.189. The Hall–Kier alpha value is -0.970. The third kappa shape index (κ3) is 37.7. The molecule has 0 fully saturated rings. The molecule has 1 unspecified atom stereocenters. The SMILES string of the molecule is CCCCC/C=C\C/C=C\CCCCCCCCC(CCCCCCCC/C=C\C/C=C\CCCCC)OP(=O)(O)OCCN(C)C. The number of allylic oxidation sites excluding steroid dienone is 8. The first-order chi connectivity index (χ1) is 22.9. The maximum Gasteiger partial charge on any atom is 0.472 e. The Morgan fingerprint density at radius 2 is 0.915 bits per heavy atom. The fourth-order valence-corrected chi connectivity index (χ4v) is 6.49. The van der Waals surface area contributed by atoms with Crippen LogP contribution >= 0.6 is 7.82 Å². The van der Waals surface area contributed by atoms with Crippen LogP contribution in [0.5, 0.6) is 0 Å². The van der Waals surface area contributed by atoms with E-state index in [9.17, 15) is 9.46 Å². The average molecular weight is 680 g/mol. The van der Waals surface area contributed by atoms with Crippen molar-refractivity contribution in [3.05, 3.63) is 48.6 Å². The van der Waals surface area contributed by atoms with Crippen molar-refractivity contribution in [2.45, 2.75) is 187 Å². The Morgan fingerprint density at radius 3 is 1.30 bits per heavy atom. The van der Waals surface area contributed by atoms with Gasteiger partial charge in [0.15, 0.2) is 0 Å². The molecule has 0 aliphatic rings. The molecule has 5 nitrogen and oxygen atoms in total. The summed E-state index contributed by atoms with van der Waals surface area (Å²) >= 11 is 0. The molecule has 0 saturated carbocycles. The van der Waals surface area contributed by atoms with Crippen LogP contribution in [-0.4, -0.2) is 43.1 Å². The van der Waals surface area contributed by atoms with E-state index in [1.54, 1.807) is 0 Å². The first-order valence-corrected chi connectivity index (χ1v) is 21.3. The van der Waals surface area contributed by atoms with Gasteiger partial charge in [-0.05, 0) is 91.1 Å². The van der Waals surface area contributed by atoms with Gasteiger partial charge in [-0.3, -0.25) is 9.05 Å². The second-order valence-electron chi connectivity index (χ2n) is 13.6. The van der Waals surface area contributed by atoms with Crippen LogP contribution in [-0.2, 0) is 13.6 Å². The molecule has 1 N–H and O–H groups in total. The number of hydrogen-bond donors (Lipinski definition) is 1. The van der Waals surface area contributed by atoms with Gasteiger partial charge in [-0.15, -0.1) is 0 Å². The molecule has 0 spiro atoms. The molecule has 1 atom stereocenters. The summed E-state index contributed by atoms with van der Waals surface area (Å²) in [4.78, 5) is 12.3. The van der Waals surface area contributed by atoms with Gasteiger partial charge in [-0.1, -0.05) is 152 Å².